The highest BCUT2D eigenvalue weighted by Gasteiger charge is 2.21. The van der Waals surface area contributed by atoms with Crippen LogP contribution in [0.25, 0.3) is 0 Å². The van der Waals surface area contributed by atoms with Crippen LogP contribution >= 0.6 is 12.4 Å². The van der Waals surface area contributed by atoms with Gasteiger partial charge >= 0.3 is 0 Å². The van der Waals surface area contributed by atoms with Crippen molar-refractivity contribution >= 4 is 18.8 Å². The van der Waals surface area contributed by atoms with Crippen molar-refractivity contribution < 1.29 is 9.90 Å². The summed E-state index contributed by atoms with van der Waals surface area (Å²) >= 11 is 0. The van der Waals surface area contributed by atoms with Crippen LogP contribution in [0.2, 0.25) is 0 Å². The second-order valence-corrected chi connectivity index (χ2v) is 2.71. The third-order valence-electron chi connectivity index (χ3n) is 1.64. The lowest BCUT2D eigenvalue weighted by atomic mass is 10.1. The lowest BCUT2D eigenvalue weighted by Gasteiger charge is -2.30. The Morgan fingerprint density at radius 2 is 2.18 bits per heavy atom. The lowest BCUT2D eigenvalue weighted by molar-refractivity contribution is -0.121. The van der Waals surface area contributed by atoms with Gasteiger partial charge in [-0.05, 0) is 6.42 Å². The van der Waals surface area contributed by atoms with E-state index >= 15 is 0 Å². The number of rotatable bonds is 1. The molecule has 0 aliphatic carbocycles. The first-order valence-corrected chi connectivity index (χ1v) is 3.35. The number of halogens is 1. The highest BCUT2D eigenvalue weighted by atomic mass is 35.5. The lowest BCUT2D eigenvalue weighted by Crippen LogP contribution is -2.48. The van der Waals surface area contributed by atoms with Gasteiger partial charge in [-0.1, -0.05) is 0 Å². The molecule has 0 spiro atoms. The van der Waals surface area contributed by atoms with Crippen molar-refractivity contribution in [3.63, 3.8) is 0 Å². The second kappa shape index (κ2) is 4.54. The third-order valence-corrected chi connectivity index (χ3v) is 1.64. The fourth-order valence-electron chi connectivity index (χ4n) is 1.23. The molecule has 1 fully saturated rings. The van der Waals surface area contributed by atoms with Gasteiger partial charge in [0.15, 0.2) is 0 Å². The maximum Gasteiger partial charge on any atom is 0.209 e. The first-order valence-electron chi connectivity index (χ1n) is 3.35. The van der Waals surface area contributed by atoms with Crippen LogP contribution in [0, 0.1) is 0 Å². The summed E-state index contributed by atoms with van der Waals surface area (Å²) in [6.45, 7) is 0.998. The molecule has 0 radical (unpaired) electrons. The number of carbonyl (C=O) groups is 1. The van der Waals surface area contributed by atoms with Gasteiger partial charge in [0, 0.05) is 19.1 Å². The molecule has 3 N–H and O–H groups in total. The van der Waals surface area contributed by atoms with Gasteiger partial charge in [0.05, 0.1) is 6.10 Å². The average Bonchev–Trinajstić information content (AvgIpc) is 1.85. The molecule has 0 unspecified atom stereocenters. The Morgan fingerprint density at radius 1 is 1.55 bits per heavy atom. The van der Waals surface area contributed by atoms with Crippen LogP contribution < -0.4 is 5.73 Å². The number of likely N-dealkylation sites (tertiary alicyclic amines) is 1. The zero-order chi connectivity index (χ0) is 7.56. The number of hydrogen-bond donors (Lipinski definition) is 2. The minimum atomic E-state index is -0.436. The van der Waals surface area contributed by atoms with Crippen molar-refractivity contribution in [3.8, 4) is 0 Å². The molecular formula is C6H13ClN2O2. The van der Waals surface area contributed by atoms with E-state index in [9.17, 15) is 4.79 Å². The predicted molar refractivity (Wildman–Crippen MR) is 43.5 cm³/mol. The van der Waals surface area contributed by atoms with Crippen LogP contribution in [-0.4, -0.2) is 41.7 Å². The summed E-state index contributed by atoms with van der Waals surface area (Å²) in [7, 11) is 0. The van der Waals surface area contributed by atoms with Crippen molar-refractivity contribution in [3.05, 3.63) is 0 Å². The maximum atomic E-state index is 10.2. The number of piperidine rings is 1. The molecule has 0 aromatic rings. The molecule has 1 aliphatic rings. The van der Waals surface area contributed by atoms with Gasteiger partial charge in [0.1, 0.15) is 0 Å². The smallest absolute Gasteiger partial charge is 0.209 e. The number of hydrogen-bond acceptors (Lipinski definition) is 3. The number of carbonyl (C=O) groups excluding carboxylic acids is 1. The number of aliphatic hydroxyl groups excluding tert-OH is 1. The summed E-state index contributed by atoms with van der Waals surface area (Å²) in [6, 6.07) is -0.0612. The number of amides is 1. The van der Waals surface area contributed by atoms with E-state index in [1.54, 1.807) is 0 Å². The van der Waals surface area contributed by atoms with E-state index in [1.165, 1.54) is 4.90 Å². The van der Waals surface area contributed by atoms with Crippen LogP contribution in [0.1, 0.15) is 6.42 Å². The molecule has 0 aromatic carbocycles. The summed E-state index contributed by atoms with van der Waals surface area (Å²) in [6.07, 6.45) is 0.890. The van der Waals surface area contributed by atoms with E-state index in [0.29, 0.717) is 19.5 Å². The van der Waals surface area contributed by atoms with E-state index in [4.69, 9.17) is 10.8 Å². The largest absolute Gasteiger partial charge is 0.391 e. The minimum absolute atomic E-state index is 0. The SMILES string of the molecule is Cl.N[C@@H]1C[C@H](O)CN(C=O)C1. The molecule has 0 bridgehead atoms. The molecular weight excluding hydrogens is 168 g/mol. The Morgan fingerprint density at radius 3 is 2.64 bits per heavy atom. The molecule has 4 nitrogen and oxygen atoms in total. The number of β-amino-alcohol motifs (C(OH)–C–C–N with tert-alkyl or cyclic N) is 1. The van der Waals surface area contributed by atoms with Crippen LogP contribution in [0.4, 0.5) is 0 Å². The summed E-state index contributed by atoms with van der Waals surface area (Å²) in [5.41, 5.74) is 5.53. The molecule has 0 aromatic heterocycles. The summed E-state index contributed by atoms with van der Waals surface area (Å²) < 4.78 is 0. The molecule has 11 heavy (non-hydrogen) atoms. The molecule has 66 valence electrons. The summed E-state index contributed by atoms with van der Waals surface area (Å²) in [5.74, 6) is 0. The second-order valence-electron chi connectivity index (χ2n) is 2.71. The quantitative estimate of drug-likeness (QED) is 0.507. The molecule has 1 heterocycles. The van der Waals surface area contributed by atoms with Crippen molar-refractivity contribution in [2.45, 2.75) is 18.6 Å². The number of nitrogens with two attached hydrogens (primary N) is 1. The minimum Gasteiger partial charge on any atom is -0.391 e. The third kappa shape index (κ3) is 3.05. The van der Waals surface area contributed by atoms with Crippen molar-refractivity contribution in [2.75, 3.05) is 13.1 Å². The van der Waals surface area contributed by atoms with Crippen LogP contribution in [0.3, 0.4) is 0 Å². The molecule has 1 rings (SSSR count). The molecule has 1 amide bonds. The highest BCUT2D eigenvalue weighted by molar-refractivity contribution is 5.85. The average molecular weight is 181 g/mol. The Hall–Kier alpha value is -0.320. The predicted octanol–water partition coefficient (Wildman–Crippen LogP) is -1.04. The van der Waals surface area contributed by atoms with E-state index in [-0.39, 0.29) is 18.4 Å². The Kier molecular flexibility index (Phi) is 4.40. The number of aliphatic hydroxyl groups is 1. The van der Waals surface area contributed by atoms with Crippen LogP contribution in [-0.2, 0) is 4.79 Å². The summed E-state index contributed by atoms with van der Waals surface area (Å²) in [5, 5.41) is 9.10. The zero-order valence-electron chi connectivity index (χ0n) is 6.14. The van der Waals surface area contributed by atoms with Crippen molar-refractivity contribution in [1.29, 1.82) is 0 Å². The Bertz CT molecular complexity index is 124. The Labute approximate surface area is 71.8 Å². The monoisotopic (exact) mass is 180 g/mol. The van der Waals surface area contributed by atoms with Gasteiger partial charge in [-0.3, -0.25) is 4.79 Å². The molecule has 1 saturated heterocycles. The van der Waals surface area contributed by atoms with E-state index in [0.717, 1.165) is 6.41 Å². The van der Waals surface area contributed by atoms with E-state index in [2.05, 4.69) is 0 Å². The standard InChI is InChI=1S/C6H12N2O2.ClH/c7-5-1-6(10)3-8(2-5)4-9;/h4-6,10H,1-3,7H2;1H/t5-,6+;/m1./s1. The van der Waals surface area contributed by atoms with Gasteiger partial charge in [0.25, 0.3) is 0 Å². The van der Waals surface area contributed by atoms with Crippen molar-refractivity contribution in [1.82, 2.24) is 4.90 Å². The topological polar surface area (TPSA) is 66.6 Å². The van der Waals surface area contributed by atoms with E-state index in [1.807, 2.05) is 0 Å². The maximum absolute atomic E-state index is 10.2. The first-order chi connectivity index (χ1) is 4.72. The van der Waals surface area contributed by atoms with Gasteiger partial charge in [-0.2, -0.15) is 0 Å². The van der Waals surface area contributed by atoms with E-state index < -0.39 is 6.10 Å². The number of nitrogens with zero attached hydrogens (tertiary/aromatic N) is 1. The Balaban J connectivity index is 0.000001000. The van der Waals surface area contributed by atoms with Crippen LogP contribution in [0.15, 0.2) is 0 Å². The molecule has 2 atom stereocenters. The summed E-state index contributed by atoms with van der Waals surface area (Å²) in [4.78, 5) is 11.7. The van der Waals surface area contributed by atoms with Gasteiger partial charge < -0.3 is 15.7 Å². The zero-order valence-corrected chi connectivity index (χ0v) is 6.96. The first kappa shape index (κ1) is 10.7. The van der Waals surface area contributed by atoms with Crippen molar-refractivity contribution in [2.24, 2.45) is 5.73 Å². The van der Waals surface area contributed by atoms with Gasteiger partial charge in [-0.15, -0.1) is 12.4 Å². The van der Waals surface area contributed by atoms with Crippen LogP contribution in [0.5, 0.6) is 0 Å². The van der Waals surface area contributed by atoms with Gasteiger partial charge in [0.2, 0.25) is 6.41 Å². The molecule has 5 heteroatoms. The fourth-order valence-corrected chi connectivity index (χ4v) is 1.23. The highest BCUT2D eigenvalue weighted by Crippen LogP contribution is 2.06. The molecule has 0 saturated carbocycles. The molecule has 1 aliphatic heterocycles. The normalized spacial score (nSPS) is 30.9. The fraction of sp³-hybridized carbons (Fsp3) is 0.833. The van der Waals surface area contributed by atoms with Gasteiger partial charge in [-0.25, -0.2) is 0 Å².